The van der Waals surface area contributed by atoms with E-state index in [4.69, 9.17) is 0 Å². The quantitative estimate of drug-likeness (QED) is 0.157. The van der Waals surface area contributed by atoms with E-state index < -0.39 is 0 Å². The van der Waals surface area contributed by atoms with E-state index in [0.717, 1.165) is 0 Å². The Kier molecular flexibility index (Phi) is 20.7. The van der Waals surface area contributed by atoms with Crippen molar-refractivity contribution in [3.05, 3.63) is 237 Å². The van der Waals surface area contributed by atoms with Crippen molar-refractivity contribution < 1.29 is 0 Å². The second-order valence-electron chi connectivity index (χ2n) is 16.0. The Labute approximate surface area is 342 Å². The molecule has 0 aromatic heterocycles. The normalized spacial score (nSPS) is 9.88. The van der Waals surface area contributed by atoms with Crippen LogP contribution in [0.25, 0.3) is 11.1 Å². The molecule has 0 fully saturated rings. The monoisotopic (exact) mass is 741 g/mol. The Balaban J connectivity index is 0.000000235. The van der Waals surface area contributed by atoms with E-state index in [9.17, 15) is 0 Å². The lowest BCUT2D eigenvalue weighted by atomic mass is 9.87. The fourth-order valence-electron chi connectivity index (χ4n) is 5.61. The van der Waals surface area contributed by atoms with E-state index in [1.807, 2.05) is 24.3 Å². The first-order valence-electron chi connectivity index (χ1n) is 19.8. The molecule has 7 aromatic carbocycles. The maximum Gasteiger partial charge on any atom is -0.0132 e. The highest BCUT2D eigenvalue weighted by Gasteiger charge is 2.11. The van der Waals surface area contributed by atoms with Gasteiger partial charge < -0.3 is 0 Å². The van der Waals surface area contributed by atoms with Crippen LogP contribution in [0, 0.1) is 69.2 Å². The topological polar surface area (TPSA) is 0 Å². The summed E-state index contributed by atoms with van der Waals surface area (Å²) in [5, 5.41) is 0. The highest BCUT2D eigenvalue weighted by atomic mass is 14.2. The summed E-state index contributed by atoms with van der Waals surface area (Å²) in [5.74, 6) is 0. The fourth-order valence-corrected chi connectivity index (χ4v) is 5.61. The number of hydrogen-bond acceptors (Lipinski definition) is 0. The first kappa shape index (κ1) is 46.7. The fraction of sp³-hybridized carbons (Fsp3) is 0.250. The zero-order valence-corrected chi connectivity index (χ0v) is 36.7. The zero-order chi connectivity index (χ0) is 41.5. The molecule has 0 spiro atoms. The predicted octanol–water partition coefficient (Wildman–Crippen LogP) is 16.2. The third kappa shape index (κ3) is 20.8. The van der Waals surface area contributed by atoms with Gasteiger partial charge in [0.25, 0.3) is 0 Å². The van der Waals surface area contributed by atoms with Crippen LogP contribution in [0.1, 0.15) is 82.0 Å². The lowest BCUT2D eigenvalue weighted by Gasteiger charge is -2.18. The second kappa shape index (κ2) is 24.8. The van der Waals surface area contributed by atoms with Gasteiger partial charge in [0, 0.05) is 0 Å². The van der Waals surface area contributed by atoms with Crippen molar-refractivity contribution in [3.63, 3.8) is 0 Å². The summed E-state index contributed by atoms with van der Waals surface area (Å²) in [6, 6.07) is 61.5. The van der Waals surface area contributed by atoms with Crippen LogP contribution in [0.3, 0.4) is 0 Å². The third-order valence-corrected chi connectivity index (χ3v) is 8.77. The van der Waals surface area contributed by atoms with E-state index in [1.165, 1.54) is 72.3 Å². The molecule has 0 nitrogen and oxygen atoms in total. The molecular weight excluding hydrogens is 673 g/mol. The summed E-state index contributed by atoms with van der Waals surface area (Å²) >= 11 is 0. The Morgan fingerprint density at radius 3 is 0.804 bits per heavy atom. The SMILES string of the molecule is Cc1cc(C)cc(C)c1.Cc1ccc(-c2ccccc2)cc1.Cc1ccc(C(C)(C)C)cc1.Cc1ccc(C)cc1.Cc1cccc(C)c1.Cc1ccccc1. The minimum atomic E-state index is 0.285. The number of hydrogen-bond donors (Lipinski definition) is 0. The predicted molar refractivity (Wildman–Crippen MR) is 250 cm³/mol. The van der Waals surface area contributed by atoms with Crippen LogP contribution >= 0.6 is 0 Å². The number of benzene rings is 7. The second-order valence-corrected chi connectivity index (χ2v) is 16.0. The van der Waals surface area contributed by atoms with Gasteiger partial charge in [0.2, 0.25) is 0 Å². The molecule has 0 N–H and O–H groups in total. The molecule has 7 aromatic rings. The molecule has 0 aliphatic rings. The van der Waals surface area contributed by atoms with Crippen molar-refractivity contribution in [1.82, 2.24) is 0 Å². The van der Waals surface area contributed by atoms with E-state index in [2.05, 4.69) is 242 Å². The van der Waals surface area contributed by atoms with Crippen molar-refractivity contribution in [1.29, 1.82) is 0 Å². The third-order valence-electron chi connectivity index (χ3n) is 8.77. The van der Waals surface area contributed by atoms with Crippen molar-refractivity contribution >= 4 is 0 Å². The molecule has 0 saturated heterocycles. The molecule has 0 saturated carbocycles. The summed E-state index contributed by atoms with van der Waals surface area (Å²) < 4.78 is 0. The van der Waals surface area contributed by atoms with Crippen LogP contribution in [0.15, 0.2) is 176 Å². The smallest absolute Gasteiger partial charge is 0.0132 e. The van der Waals surface area contributed by atoms with Crippen molar-refractivity contribution in [2.75, 3.05) is 0 Å². The maximum absolute atomic E-state index is 2.23. The van der Waals surface area contributed by atoms with Crippen LogP contribution in [0.2, 0.25) is 0 Å². The van der Waals surface area contributed by atoms with Crippen LogP contribution in [0.4, 0.5) is 0 Å². The average molecular weight is 741 g/mol. The van der Waals surface area contributed by atoms with Crippen molar-refractivity contribution in [2.24, 2.45) is 0 Å². The molecule has 0 radical (unpaired) electrons. The van der Waals surface area contributed by atoms with Crippen LogP contribution in [-0.2, 0) is 5.41 Å². The molecule has 0 atom stereocenters. The lowest BCUT2D eigenvalue weighted by molar-refractivity contribution is 0.590. The number of rotatable bonds is 1. The molecule has 292 valence electrons. The van der Waals surface area contributed by atoms with Gasteiger partial charge in [-0.3, -0.25) is 0 Å². The molecule has 0 heterocycles. The van der Waals surface area contributed by atoms with E-state index in [-0.39, 0.29) is 5.41 Å². The van der Waals surface area contributed by atoms with Gasteiger partial charge in [0.05, 0.1) is 0 Å². The summed E-state index contributed by atoms with van der Waals surface area (Å²) in [5.41, 5.74) is 17.6. The van der Waals surface area contributed by atoms with E-state index in [1.54, 1.807) is 0 Å². The van der Waals surface area contributed by atoms with Gasteiger partial charge in [-0.05, 0) is 91.3 Å². The lowest BCUT2D eigenvalue weighted by Crippen LogP contribution is -2.10. The van der Waals surface area contributed by atoms with Gasteiger partial charge in [-0.25, -0.2) is 0 Å². The van der Waals surface area contributed by atoms with Gasteiger partial charge >= 0.3 is 0 Å². The Morgan fingerprint density at radius 1 is 0.232 bits per heavy atom. The van der Waals surface area contributed by atoms with Crippen LogP contribution in [0.5, 0.6) is 0 Å². The van der Waals surface area contributed by atoms with E-state index in [0.29, 0.717) is 0 Å². The van der Waals surface area contributed by atoms with Gasteiger partial charge in [-0.15, -0.1) is 0 Å². The summed E-state index contributed by atoms with van der Waals surface area (Å²) in [6.45, 7) is 27.8. The molecule has 56 heavy (non-hydrogen) atoms. The summed E-state index contributed by atoms with van der Waals surface area (Å²) in [6.07, 6.45) is 0. The number of aryl methyl sites for hydroxylation is 10. The zero-order valence-electron chi connectivity index (χ0n) is 36.7. The summed E-state index contributed by atoms with van der Waals surface area (Å²) in [4.78, 5) is 0. The highest BCUT2D eigenvalue weighted by molar-refractivity contribution is 5.63. The molecule has 0 amide bonds. The minimum absolute atomic E-state index is 0.285. The van der Waals surface area contributed by atoms with Gasteiger partial charge in [-0.1, -0.05) is 252 Å². The van der Waals surface area contributed by atoms with Gasteiger partial charge in [0.1, 0.15) is 0 Å². The Morgan fingerprint density at radius 2 is 0.500 bits per heavy atom. The molecule has 0 unspecified atom stereocenters. The largest absolute Gasteiger partial charge is 0.0622 e. The average Bonchev–Trinajstić information content (AvgIpc) is 3.14. The summed E-state index contributed by atoms with van der Waals surface area (Å²) in [7, 11) is 0. The first-order chi connectivity index (χ1) is 26.5. The van der Waals surface area contributed by atoms with Crippen LogP contribution < -0.4 is 0 Å². The maximum atomic E-state index is 2.23. The molecular formula is C56H68. The van der Waals surface area contributed by atoms with Crippen LogP contribution in [-0.4, -0.2) is 0 Å². The van der Waals surface area contributed by atoms with E-state index >= 15 is 0 Å². The molecule has 0 heteroatoms. The first-order valence-corrected chi connectivity index (χ1v) is 19.8. The van der Waals surface area contributed by atoms with Gasteiger partial charge in [-0.2, -0.15) is 0 Å². The molecule has 0 aliphatic carbocycles. The molecule has 0 bridgehead atoms. The minimum Gasteiger partial charge on any atom is -0.0622 e. The molecule has 7 rings (SSSR count). The highest BCUT2D eigenvalue weighted by Crippen LogP contribution is 2.22. The van der Waals surface area contributed by atoms with Gasteiger partial charge in [0.15, 0.2) is 0 Å². The Hall–Kier alpha value is -5.46. The standard InChI is InChI=1S/C13H12.C11H16.C9H12.2C8H10.C7H8/c1-11-7-9-13(10-8-11)12-5-3-2-4-6-12;1-9-5-7-10(8-6-9)11(2,3)4;1-7-4-8(2)6-9(3)5-7;1-7-3-5-8(2)6-4-7;1-7-4-3-5-8(2)6-7;1-7-5-3-2-4-6-7/h2-10H,1H3;5-8H,1-4H3;4-6H,1-3H3;2*3-6H,1-2H3;2-6H,1H3. The molecule has 0 aliphatic heterocycles. The van der Waals surface area contributed by atoms with Crippen molar-refractivity contribution in [3.8, 4) is 11.1 Å². The Bertz CT molecular complexity index is 1970. The van der Waals surface area contributed by atoms with Crippen molar-refractivity contribution in [2.45, 2.75) is 95.4 Å².